The molecule has 1 heterocycles. The highest BCUT2D eigenvalue weighted by molar-refractivity contribution is 9.10. The summed E-state index contributed by atoms with van der Waals surface area (Å²) in [5.74, 6) is 1.07. The molecule has 21 heavy (non-hydrogen) atoms. The normalized spacial score (nSPS) is 17.7. The lowest BCUT2D eigenvalue weighted by Crippen LogP contribution is -2.20. The molecule has 2 aromatic carbocycles. The maximum absolute atomic E-state index is 5.93. The molecule has 0 saturated heterocycles. The standard InChI is InChI=1S/C18H20BrNO/c1-13-5-2-8-16-17(9-4-10-21-18(13)16)20-12-14-6-3-7-15(19)11-14/h2-3,5-8,11,17,20H,4,9-10,12H2,1H3. The van der Waals surface area contributed by atoms with Crippen molar-refractivity contribution >= 4 is 15.9 Å². The summed E-state index contributed by atoms with van der Waals surface area (Å²) in [5, 5.41) is 3.69. The van der Waals surface area contributed by atoms with Crippen molar-refractivity contribution in [2.45, 2.75) is 32.4 Å². The van der Waals surface area contributed by atoms with E-state index in [2.05, 4.69) is 70.6 Å². The molecule has 3 rings (SSSR count). The molecule has 0 saturated carbocycles. The number of para-hydroxylation sites is 1. The van der Waals surface area contributed by atoms with E-state index in [1.54, 1.807) is 0 Å². The maximum atomic E-state index is 5.93. The summed E-state index contributed by atoms with van der Waals surface area (Å²) < 4.78 is 7.06. The summed E-state index contributed by atoms with van der Waals surface area (Å²) in [5.41, 5.74) is 3.81. The molecule has 1 N–H and O–H groups in total. The van der Waals surface area contributed by atoms with Crippen molar-refractivity contribution in [3.63, 3.8) is 0 Å². The molecule has 0 fully saturated rings. The van der Waals surface area contributed by atoms with E-state index < -0.39 is 0 Å². The predicted molar refractivity (Wildman–Crippen MR) is 89.6 cm³/mol. The molecular weight excluding hydrogens is 326 g/mol. The van der Waals surface area contributed by atoms with Crippen LogP contribution in [0, 0.1) is 6.92 Å². The van der Waals surface area contributed by atoms with Crippen LogP contribution in [0.4, 0.5) is 0 Å². The third-order valence-corrected chi connectivity index (χ3v) is 4.44. The molecule has 0 aromatic heterocycles. The molecule has 0 amide bonds. The van der Waals surface area contributed by atoms with Gasteiger partial charge in [-0.3, -0.25) is 0 Å². The number of fused-ring (bicyclic) bond motifs is 1. The van der Waals surface area contributed by atoms with Crippen LogP contribution in [-0.4, -0.2) is 6.61 Å². The minimum Gasteiger partial charge on any atom is -0.493 e. The van der Waals surface area contributed by atoms with E-state index in [4.69, 9.17) is 4.74 Å². The number of aryl methyl sites for hydroxylation is 1. The lowest BCUT2D eigenvalue weighted by Gasteiger charge is -2.19. The van der Waals surface area contributed by atoms with E-state index in [9.17, 15) is 0 Å². The Morgan fingerprint density at radius 3 is 2.95 bits per heavy atom. The van der Waals surface area contributed by atoms with Gasteiger partial charge >= 0.3 is 0 Å². The number of nitrogens with one attached hydrogen (secondary N) is 1. The number of ether oxygens (including phenoxy) is 1. The van der Waals surface area contributed by atoms with Crippen molar-refractivity contribution in [1.82, 2.24) is 5.32 Å². The van der Waals surface area contributed by atoms with Gasteiger partial charge in [-0.25, -0.2) is 0 Å². The largest absolute Gasteiger partial charge is 0.493 e. The number of rotatable bonds is 3. The van der Waals surface area contributed by atoms with Crippen molar-refractivity contribution < 1.29 is 4.74 Å². The third-order valence-electron chi connectivity index (χ3n) is 3.94. The molecule has 0 spiro atoms. The summed E-state index contributed by atoms with van der Waals surface area (Å²) in [7, 11) is 0. The first-order valence-corrected chi connectivity index (χ1v) is 8.23. The summed E-state index contributed by atoms with van der Waals surface area (Å²) in [6.45, 7) is 3.81. The minimum atomic E-state index is 0.362. The molecule has 0 aliphatic carbocycles. The van der Waals surface area contributed by atoms with Gasteiger partial charge in [0.05, 0.1) is 6.61 Å². The number of hydrogen-bond acceptors (Lipinski definition) is 2. The average Bonchev–Trinajstić information content (AvgIpc) is 2.69. The highest BCUT2D eigenvalue weighted by Crippen LogP contribution is 2.34. The average molecular weight is 346 g/mol. The summed E-state index contributed by atoms with van der Waals surface area (Å²) in [6.07, 6.45) is 2.20. The van der Waals surface area contributed by atoms with E-state index in [0.717, 1.165) is 36.2 Å². The molecule has 110 valence electrons. The Kier molecular flexibility index (Phi) is 4.61. The fourth-order valence-electron chi connectivity index (χ4n) is 2.86. The van der Waals surface area contributed by atoms with Gasteiger partial charge in [0.15, 0.2) is 0 Å². The zero-order valence-corrected chi connectivity index (χ0v) is 13.8. The van der Waals surface area contributed by atoms with Gasteiger partial charge in [-0.1, -0.05) is 46.3 Å². The third kappa shape index (κ3) is 3.47. The van der Waals surface area contributed by atoms with Gasteiger partial charge in [0.1, 0.15) is 5.75 Å². The van der Waals surface area contributed by atoms with Gasteiger partial charge in [0, 0.05) is 22.6 Å². The number of benzene rings is 2. The topological polar surface area (TPSA) is 21.3 Å². The van der Waals surface area contributed by atoms with Crippen LogP contribution in [0.5, 0.6) is 5.75 Å². The molecular formula is C18H20BrNO. The fraction of sp³-hybridized carbons (Fsp3) is 0.333. The first kappa shape index (κ1) is 14.6. The van der Waals surface area contributed by atoms with Crippen molar-refractivity contribution in [3.05, 3.63) is 63.6 Å². The number of halogens is 1. The monoisotopic (exact) mass is 345 g/mol. The Morgan fingerprint density at radius 2 is 2.10 bits per heavy atom. The van der Waals surface area contributed by atoms with Crippen LogP contribution in [0.15, 0.2) is 46.9 Å². The highest BCUT2D eigenvalue weighted by Gasteiger charge is 2.20. The lowest BCUT2D eigenvalue weighted by atomic mass is 9.99. The fourth-order valence-corrected chi connectivity index (χ4v) is 3.31. The SMILES string of the molecule is Cc1cccc2c1OCCCC2NCc1cccc(Br)c1. The molecule has 0 radical (unpaired) electrons. The molecule has 3 heteroatoms. The van der Waals surface area contributed by atoms with Gasteiger partial charge < -0.3 is 10.1 Å². The molecule has 1 unspecified atom stereocenters. The van der Waals surface area contributed by atoms with Gasteiger partial charge in [-0.2, -0.15) is 0 Å². The smallest absolute Gasteiger partial charge is 0.126 e. The zero-order valence-electron chi connectivity index (χ0n) is 12.2. The van der Waals surface area contributed by atoms with Gasteiger partial charge in [0.2, 0.25) is 0 Å². The Morgan fingerprint density at radius 1 is 1.24 bits per heavy atom. The molecule has 0 bridgehead atoms. The first-order valence-electron chi connectivity index (χ1n) is 7.44. The van der Waals surface area contributed by atoms with E-state index >= 15 is 0 Å². The van der Waals surface area contributed by atoms with Crippen LogP contribution in [0.1, 0.15) is 35.6 Å². The van der Waals surface area contributed by atoms with Crippen LogP contribution in [0.25, 0.3) is 0 Å². The van der Waals surface area contributed by atoms with Gasteiger partial charge in [0.25, 0.3) is 0 Å². The second-order valence-corrected chi connectivity index (χ2v) is 6.46. The van der Waals surface area contributed by atoms with E-state index in [-0.39, 0.29) is 0 Å². The second-order valence-electron chi connectivity index (χ2n) is 5.55. The van der Waals surface area contributed by atoms with Crippen LogP contribution in [-0.2, 0) is 6.54 Å². The van der Waals surface area contributed by atoms with Crippen LogP contribution < -0.4 is 10.1 Å². The Labute approximate surface area is 134 Å². The van der Waals surface area contributed by atoms with E-state index in [1.807, 2.05) is 0 Å². The molecule has 2 aromatic rings. The Hall–Kier alpha value is -1.32. The van der Waals surface area contributed by atoms with Crippen LogP contribution >= 0.6 is 15.9 Å². The Balaban J connectivity index is 1.78. The van der Waals surface area contributed by atoms with Gasteiger partial charge in [-0.05, 0) is 43.0 Å². The summed E-state index contributed by atoms with van der Waals surface area (Å²) in [4.78, 5) is 0. The van der Waals surface area contributed by atoms with Gasteiger partial charge in [-0.15, -0.1) is 0 Å². The quantitative estimate of drug-likeness (QED) is 0.865. The Bertz CT molecular complexity index is 626. The van der Waals surface area contributed by atoms with Crippen molar-refractivity contribution in [2.75, 3.05) is 6.61 Å². The maximum Gasteiger partial charge on any atom is 0.126 e. The van der Waals surface area contributed by atoms with E-state index in [1.165, 1.54) is 16.7 Å². The van der Waals surface area contributed by atoms with E-state index in [0.29, 0.717) is 6.04 Å². The minimum absolute atomic E-state index is 0.362. The molecule has 1 aliphatic rings. The van der Waals surface area contributed by atoms with Crippen molar-refractivity contribution in [2.24, 2.45) is 0 Å². The lowest BCUT2D eigenvalue weighted by molar-refractivity contribution is 0.313. The first-order chi connectivity index (χ1) is 10.2. The van der Waals surface area contributed by atoms with Crippen LogP contribution in [0.3, 0.4) is 0 Å². The van der Waals surface area contributed by atoms with Crippen molar-refractivity contribution in [3.8, 4) is 5.75 Å². The second kappa shape index (κ2) is 6.63. The number of hydrogen-bond donors (Lipinski definition) is 1. The zero-order chi connectivity index (χ0) is 14.7. The summed E-state index contributed by atoms with van der Waals surface area (Å²) >= 11 is 3.53. The summed E-state index contributed by atoms with van der Waals surface area (Å²) in [6, 6.07) is 15.2. The van der Waals surface area contributed by atoms with Crippen LogP contribution in [0.2, 0.25) is 0 Å². The molecule has 1 atom stereocenters. The highest BCUT2D eigenvalue weighted by atomic mass is 79.9. The predicted octanol–water partition coefficient (Wildman–Crippen LogP) is 4.76. The molecule has 1 aliphatic heterocycles. The molecule has 2 nitrogen and oxygen atoms in total. The van der Waals surface area contributed by atoms with Crippen molar-refractivity contribution in [1.29, 1.82) is 0 Å².